The van der Waals surface area contributed by atoms with E-state index in [9.17, 15) is 0 Å². The van der Waals surface area contributed by atoms with Gasteiger partial charge in [-0.3, -0.25) is 0 Å². The molecule has 1 aromatic heterocycles. The first kappa shape index (κ1) is 11.7. The van der Waals surface area contributed by atoms with Crippen molar-refractivity contribution in [3.8, 4) is 5.88 Å². The molecule has 1 aliphatic heterocycles. The van der Waals surface area contributed by atoms with Crippen LogP contribution in [0.25, 0.3) is 0 Å². The van der Waals surface area contributed by atoms with Crippen molar-refractivity contribution in [1.82, 2.24) is 9.88 Å². The van der Waals surface area contributed by atoms with E-state index in [4.69, 9.17) is 16.3 Å². The third-order valence-electron chi connectivity index (χ3n) is 3.07. The van der Waals surface area contributed by atoms with Crippen LogP contribution in [0.1, 0.15) is 19.3 Å². The lowest BCUT2D eigenvalue weighted by Gasteiger charge is -2.18. The zero-order valence-corrected chi connectivity index (χ0v) is 10.3. The lowest BCUT2D eigenvalue weighted by atomic mass is 10.1. The number of nitrogens with zero attached hydrogens (tertiary/aromatic N) is 2. The zero-order valence-electron chi connectivity index (χ0n) is 9.53. The van der Waals surface area contributed by atoms with Gasteiger partial charge in [0.2, 0.25) is 5.88 Å². The predicted molar refractivity (Wildman–Crippen MR) is 65.0 cm³/mol. The molecule has 1 aromatic rings. The highest BCUT2D eigenvalue weighted by molar-refractivity contribution is 6.30. The summed E-state index contributed by atoms with van der Waals surface area (Å²) in [5.41, 5.74) is 0. The van der Waals surface area contributed by atoms with Gasteiger partial charge in [-0.1, -0.05) is 11.6 Å². The van der Waals surface area contributed by atoms with Gasteiger partial charge in [-0.2, -0.15) is 0 Å². The summed E-state index contributed by atoms with van der Waals surface area (Å²) in [5, 5.41) is 0.642. The maximum Gasteiger partial charge on any atom is 0.213 e. The number of halogens is 1. The van der Waals surface area contributed by atoms with E-state index >= 15 is 0 Å². The van der Waals surface area contributed by atoms with Gasteiger partial charge in [-0.25, -0.2) is 4.98 Å². The van der Waals surface area contributed by atoms with Crippen LogP contribution in [0.2, 0.25) is 5.02 Å². The molecule has 16 heavy (non-hydrogen) atoms. The smallest absolute Gasteiger partial charge is 0.213 e. The van der Waals surface area contributed by atoms with Gasteiger partial charge in [-0.15, -0.1) is 0 Å². The number of aromatic nitrogens is 1. The van der Waals surface area contributed by atoms with Crippen molar-refractivity contribution in [3.05, 3.63) is 23.4 Å². The van der Waals surface area contributed by atoms with E-state index in [1.807, 2.05) is 0 Å². The Morgan fingerprint density at radius 3 is 3.06 bits per heavy atom. The van der Waals surface area contributed by atoms with Crippen molar-refractivity contribution in [3.63, 3.8) is 0 Å². The van der Waals surface area contributed by atoms with Gasteiger partial charge in [0.25, 0.3) is 0 Å². The Morgan fingerprint density at radius 1 is 1.56 bits per heavy atom. The molecule has 1 aliphatic rings. The highest BCUT2D eigenvalue weighted by Crippen LogP contribution is 2.18. The van der Waals surface area contributed by atoms with Crippen LogP contribution in [0.5, 0.6) is 5.88 Å². The molecule has 1 atom stereocenters. The molecule has 0 N–H and O–H groups in total. The first-order valence-electron chi connectivity index (χ1n) is 5.70. The van der Waals surface area contributed by atoms with Crippen molar-refractivity contribution in [2.75, 3.05) is 20.2 Å². The van der Waals surface area contributed by atoms with Crippen molar-refractivity contribution < 1.29 is 4.74 Å². The number of rotatable bonds is 4. The molecule has 88 valence electrons. The maximum absolute atomic E-state index is 5.74. The van der Waals surface area contributed by atoms with Gasteiger partial charge in [-0.05, 0) is 38.9 Å². The summed E-state index contributed by atoms with van der Waals surface area (Å²) in [5.74, 6) is 0.657. The largest absolute Gasteiger partial charge is 0.478 e. The summed E-state index contributed by atoms with van der Waals surface area (Å²) in [6.45, 7) is 1.94. The average Bonchev–Trinajstić information content (AvgIpc) is 2.68. The fourth-order valence-corrected chi connectivity index (χ4v) is 2.20. The van der Waals surface area contributed by atoms with E-state index in [1.54, 1.807) is 18.3 Å². The topological polar surface area (TPSA) is 25.4 Å². The Kier molecular flexibility index (Phi) is 4.02. The Labute approximate surface area is 101 Å². The summed E-state index contributed by atoms with van der Waals surface area (Å²) in [6, 6.07) is 4.28. The predicted octanol–water partition coefficient (Wildman–Crippen LogP) is 2.60. The molecule has 0 radical (unpaired) electrons. The molecule has 0 amide bonds. The van der Waals surface area contributed by atoms with E-state index in [2.05, 4.69) is 16.9 Å². The second kappa shape index (κ2) is 5.51. The molecule has 1 saturated heterocycles. The number of hydrogen-bond donors (Lipinski definition) is 0. The minimum absolute atomic E-state index is 0.642. The number of hydrogen-bond acceptors (Lipinski definition) is 3. The molecule has 1 unspecified atom stereocenters. The molecule has 2 heterocycles. The highest BCUT2D eigenvalue weighted by atomic mass is 35.5. The quantitative estimate of drug-likeness (QED) is 0.809. The third kappa shape index (κ3) is 3.09. The van der Waals surface area contributed by atoms with Gasteiger partial charge < -0.3 is 9.64 Å². The van der Waals surface area contributed by atoms with E-state index < -0.39 is 0 Å². The number of likely N-dealkylation sites (tertiary alicyclic amines) is 1. The van der Waals surface area contributed by atoms with Crippen LogP contribution in [0, 0.1) is 0 Å². The molecule has 0 aromatic carbocycles. The van der Waals surface area contributed by atoms with Gasteiger partial charge in [0.05, 0.1) is 11.6 Å². The molecule has 0 saturated carbocycles. The van der Waals surface area contributed by atoms with Crippen molar-refractivity contribution >= 4 is 11.6 Å². The van der Waals surface area contributed by atoms with E-state index in [1.165, 1.54) is 19.4 Å². The van der Waals surface area contributed by atoms with Gasteiger partial charge in [0.15, 0.2) is 0 Å². The lowest BCUT2D eigenvalue weighted by Crippen LogP contribution is -2.26. The Morgan fingerprint density at radius 2 is 2.44 bits per heavy atom. The van der Waals surface area contributed by atoms with Gasteiger partial charge >= 0.3 is 0 Å². The molecule has 2 rings (SSSR count). The van der Waals surface area contributed by atoms with Gasteiger partial charge in [0.1, 0.15) is 0 Å². The normalized spacial score (nSPS) is 21.2. The molecule has 4 heteroatoms. The Hall–Kier alpha value is -0.800. The summed E-state index contributed by atoms with van der Waals surface area (Å²) in [7, 11) is 2.18. The van der Waals surface area contributed by atoms with Crippen LogP contribution in [0.15, 0.2) is 18.3 Å². The summed E-state index contributed by atoms with van der Waals surface area (Å²) < 4.78 is 5.57. The zero-order chi connectivity index (χ0) is 11.4. The Bertz CT molecular complexity index is 328. The minimum Gasteiger partial charge on any atom is -0.478 e. The maximum atomic E-state index is 5.74. The first-order chi connectivity index (χ1) is 7.75. The standard InChI is InChI=1S/C12H17ClN2O/c1-15-7-2-3-11(15)6-8-16-12-5-4-10(13)9-14-12/h4-5,9,11H,2-3,6-8H2,1H3. The molecule has 0 aliphatic carbocycles. The van der Waals surface area contributed by atoms with Crippen LogP contribution in [-0.2, 0) is 0 Å². The molecular weight excluding hydrogens is 224 g/mol. The third-order valence-corrected chi connectivity index (χ3v) is 3.30. The number of pyridine rings is 1. The molecule has 0 bridgehead atoms. The fourth-order valence-electron chi connectivity index (χ4n) is 2.09. The Balaban J connectivity index is 1.73. The van der Waals surface area contributed by atoms with Crippen molar-refractivity contribution in [1.29, 1.82) is 0 Å². The summed E-state index contributed by atoms with van der Waals surface area (Å²) >= 11 is 5.74. The lowest BCUT2D eigenvalue weighted by molar-refractivity contribution is 0.228. The SMILES string of the molecule is CN1CCCC1CCOc1ccc(Cl)cn1. The van der Waals surface area contributed by atoms with Gasteiger partial charge in [0, 0.05) is 18.3 Å². The molecule has 0 spiro atoms. The fraction of sp³-hybridized carbons (Fsp3) is 0.583. The van der Waals surface area contributed by atoms with E-state index in [-0.39, 0.29) is 0 Å². The first-order valence-corrected chi connectivity index (χ1v) is 6.08. The molecule has 3 nitrogen and oxygen atoms in total. The van der Waals surface area contributed by atoms with Crippen LogP contribution < -0.4 is 4.74 Å². The van der Waals surface area contributed by atoms with E-state index in [0.717, 1.165) is 13.0 Å². The van der Waals surface area contributed by atoms with Crippen LogP contribution in [0.4, 0.5) is 0 Å². The summed E-state index contributed by atoms with van der Waals surface area (Å²) in [4.78, 5) is 6.50. The van der Waals surface area contributed by atoms with Crippen LogP contribution in [0.3, 0.4) is 0 Å². The molecular formula is C12H17ClN2O. The molecule has 1 fully saturated rings. The van der Waals surface area contributed by atoms with Crippen molar-refractivity contribution in [2.45, 2.75) is 25.3 Å². The second-order valence-corrected chi connectivity index (χ2v) is 4.66. The van der Waals surface area contributed by atoms with Crippen LogP contribution >= 0.6 is 11.6 Å². The highest BCUT2D eigenvalue weighted by Gasteiger charge is 2.20. The monoisotopic (exact) mass is 240 g/mol. The average molecular weight is 241 g/mol. The minimum atomic E-state index is 0.642. The second-order valence-electron chi connectivity index (χ2n) is 4.23. The summed E-state index contributed by atoms with van der Waals surface area (Å²) in [6.07, 6.45) is 5.27. The van der Waals surface area contributed by atoms with E-state index in [0.29, 0.717) is 16.9 Å². The number of ether oxygens (including phenoxy) is 1. The van der Waals surface area contributed by atoms with Crippen LogP contribution in [-0.4, -0.2) is 36.1 Å². The van der Waals surface area contributed by atoms with Crippen molar-refractivity contribution in [2.24, 2.45) is 0 Å².